The van der Waals surface area contributed by atoms with Gasteiger partial charge in [-0.15, -0.1) is 0 Å². The van der Waals surface area contributed by atoms with Crippen LogP contribution in [0.2, 0.25) is 0 Å². The van der Waals surface area contributed by atoms with Crippen LogP contribution in [0.4, 0.5) is 4.79 Å². The molecule has 0 saturated heterocycles. The highest BCUT2D eigenvalue weighted by atomic mass is 16.6. The van der Waals surface area contributed by atoms with Gasteiger partial charge in [0.1, 0.15) is 17.4 Å². The van der Waals surface area contributed by atoms with Crippen LogP contribution in [0.3, 0.4) is 0 Å². The van der Waals surface area contributed by atoms with E-state index in [-0.39, 0.29) is 0 Å². The smallest absolute Gasteiger partial charge is 0.408 e. The summed E-state index contributed by atoms with van der Waals surface area (Å²) in [6, 6.07) is 5.96. The summed E-state index contributed by atoms with van der Waals surface area (Å²) in [4.78, 5) is 23.2. The van der Waals surface area contributed by atoms with Crippen LogP contribution in [0.25, 0.3) is 0 Å². The topological polar surface area (TPSA) is 84.9 Å². The SMILES string of the molecule is COc1ccc([C@H](C)[C@H](NC(=O)OC(C)(C)C)C(=O)O)cc1. The number of nitrogens with one attached hydrogen (secondary N) is 1. The molecule has 2 N–H and O–H groups in total. The predicted octanol–water partition coefficient (Wildman–Crippen LogP) is 2.78. The second-order valence-electron chi connectivity index (χ2n) is 6.02. The summed E-state index contributed by atoms with van der Waals surface area (Å²) in [6.07, 6.45) is -0.750. The van der Waals surface area contributed by atoms with Crippen LogP contribution in [0.5, 0.6) is 5.75 Å². The van der Waals surface area contributed by atoms with Crippen molar-refractivity contribution >= 4 is 12.1 Å². The largest absolute Gasteiger partial charge is 0.497 e. The highest BCUT2D eigenvalue weighted by molar-refractivity contribution is 5.81. The Bertz CT molecular complexity index is 518. The first-order valence-electron chi connectivity index (χ1n) is 7.00. The standard InChI is InChI=1S/C16H23NO5/c1-10(11-6-8-12(21-5)9-7-11)13(14(18)19)17-15(20)22-16(2,3)4/h6-10,13H,1-5H3,(H,17,20)(H,18,19)/t10-,13-/m0/s1. The van der Waals surface area contributed by atoms with Gasteiger partial charge in [0.25, 0.3) is 0 Å². The van der Waals surface area contributed by atoms with Gasteiger partial charge in [-0.2, -0.15) is 0 Å². The van der Waals surface area contributed by atoms with Gasteiger partial charge in [-0.05, 0) is 38.5 Å². The molecular formula is C16H23NO5. The fourth-order valence-corrected chi connectivity index (χ4v) is 1.94. The van der Waals surface area contributed by atoms with E-state index < -0.39 is 29.6 Å². The normalized spacial score (nSPS) is 13.9. The van der Waals surface area contributed by atoms with Gasteiger partial charge < -0.3 is 19.9 Å². The lowest BCUT2D eigenvalue weighted by Crippen LogP contribution is -2.46. The first kappa shape index (κ1) is 17.8. The Kier molecular flexibility index (Phi) is 5.79. The molecule has 0 saturated carbocycles. The second kappa shape index (κ2) is 7.15. The lowest BCUT2D eigenvalue weighted by atomic mass is 9.93. The van der Waals surface area contributed by atoms with Crippen molar-refractivity contribution in [2.45, 2.75) is 45.3 Å². The molecule has 0 aliphatic rings. The van der Waals surface area contributed by atoms with E-state index in [4.69, 9.17) is 9.47 Å². The van der Waals surface area contributed by atoms with Crippen molar-refractivity contribution in [2.24, 2.45) is 0 Å². The molecule has 0 radical (unpaired) electrons. The number of carboxylic acids is 1. The molecule has 0 heterocycles. The average molecular weight is 309 g/mol. The third-order valence-corrected chi connectivity index (χ3v) is 3.08. The van der Waals surface area contributed by atoms with Crippen molar-refractivity contribution in [3.05, 3.63) is 29.8 Å². The molecule has 0 aliphatic carbocycles. The van der Waals surface area contributed by atoms with Crippen LogP contribution in [-0.4, -0.2) is 35.9 Å². The number of methoxy groups -OCH3 is 1. The molecule has 122 valence electrons. The summed E-state index contributed by atoms with van der Waals surface area (Å²) in [6.45, 7) is 6.89. The fraction of sp³-hybridized carbons (Fsp3) is 0.500. The lowest BCUT2D eigenvalue weighted by molar-refractivity contribution is -0.140. The summed E-state index contributed by atoms with van der Waals surface area (Å²) in [5.41, 5.74) is 0.0977. The third-order valence-electron chi connectivity index (χ3n) is 3.08. The van der Waals surface area contributed by atoms with Crippen LogP contribution >= 0.6 is 0 Å². The van der Waals surface area contributed by atoms with E-state index in [1.165, 1.54) is 0 Å². The van der Waals surface area contributed by atoms with Crippen molar-refractivity contribution in [3.8, 4) is 5.75 Å². The first-order valence-corrected chi connectivity index (χ1v) is 7.00. The Balaban J connectivity index is 2.85. The van der Waals surface area contributed by atoms with Crippen molar-refractivity contribution < 1.29 is 24.2 Å². The highest BCUT2D eigenvalue weighted by Gasteiger charge is 2.29. The first-order chi connectivity index (χ1) is 10.1. The van der Waals surface area contributed by atoms with Crippen LogP contribution in [0.1, 0.15) is 39.2 Å². The van der Waals surface area contributed by atoms with Gasteiger partial charge in [0.15, 0.2) is 0 Å². The van der Waals surface area contributed by atoms with E-state index in [0.29, 0.717) is 5.75 Å². The Morgan fingerprint density at radius 2 is 1.73 bits per heavy atom. The summed E-state index contributed by atoms with van der Waals surface area (Å²) >= 11 is 0. The molecule has 1 aromatic rings. The van der Waals surface area contributed by atoms with Crippen molar-refractivity contribution in [1.29, 1.82) is 0 Å². The molecule has 6 nitrogen and oxygen atoms in total. The molecule has 1 rings (SSSR count). The molecule has 6 heteroatoms. The molecule has 1 aromatic carbocycles. The second-order valence-corrected chi connectivity index (χ2v) is 6.02. The molecule has 0 fully saturated rings. The third kappa shape index (κ3) is 5.27. The van der Waals surface area contributed by atoms with Gasteiger partial charge >= 0.3 is 12.1 Å². The number of hydrogen-bond donors (Lipinski definition) is 2. The van der Waals surface area contributed by atoms with E-state index in [1.54, 1.807) is 59.1 Å². The van der Waals surface area contributed by atoms with E-state index in [1.807, 2.05) is 0 Å². The molecule has 1 amide bonds. The number of benzene rings is 1. The van der Waals surface area contributed by atoms with Crippen molar-refractivity contribution in [1.82, 2.24) is 5.32 Å². The average Bonchev–Trinajstić information content (AvgIpc) is 2.42. The van der Waals surface area contributed by atoms with E-state index in [2.05, 4.69) is 5.32 Å². The highest BCUT2D eigenvalue weighted by Crippen LogP contribution is 2.22. The number of carbonyl (C=O) groups is 2. The summed E-state index contributed by atoms with van der Waals surface area (Å²) in [7, 11) is 1.56. The van der Waals surface area contributed by atoms with Crippen LogP contribution in [0.15, 0.2) is 24.3 Å². The van der Waals surface area contributed by atoms with Crippen LogP contribution < -0.4 is 10.1 Å². The Morgan fingerprint density at radius 1 is 1.18 bits per heavy atom. The maximum atomic E-state index is 11.8. The summed E-state index contributed by atoms with van der Waals surface area (Å²) < 4.78 is 10.2. The van der Waals surface area contributed by atoms with Crippen molar-refractivity contribution in [3.63, 3.8) is 0 Å². The minimum Gasteiger partial charge on any atom is -0.497 e. The maximum absolute atomic E-state index is 11.8. The Morgan fingerprint density at radius 3 is 2.14 bits per heavy atom. The quantitative estimate of drug-likeness (QED) is 0.873. The predicted molar refractivity (Wildman–Crippen MR) is 82.2 cm³/mol. The number of carboxylic acid groups (broad SMARTS) is 1. The van der Waals surface area contributed by atoms with Gasteiger partial charge in [0.05, 0.1) is 7.11 Å². The minimum atomic E-state index is -1.12. The number of carbonyl (C=O) groups excluding carboxylic acids is 1. The fourth-order valence-electron chi connectivity index (χ4n) is 1.94. The van der Waals surface area contributed by atoms with E-state index in [0.717, 1.165) is 5.56 Å². The number of ether oxygens (including phenoxy) is 2. The monoisotopic (exact) mass is 309 g/mol. The number of aliphatic carboxylic acids is 1. The summed E-state index contributed by atoms with van der Waals surface area (Å²) in [5, 5.41) is 11.8. The van der Waals surface area contributed by atoms with Crippen LogP contribution in [0, 0.1) is 0 Å². The zero-order chi connectivity index (χ0) is 16.9. The molecule has 2 atom stereocenters. The van der Waals surface area contributed by atoms with E-state index >= 15 is 0 Å². The minimum absolute atomic E-state index is 0.420. The Hall–Kier alpha value is -2.24. The summed E-state index contributed by atoms with van der Waals surface area (Å²) in [5.74, 6) is -0.854. The molecule has 0 spiro atoms. The zero-order valence-corrected chi connectivity index (χ0v) is 13.5. The number of alkyl carbamates (subject to hydrolysis) is 1. The molecule has 0 aromatic heterocycles. The van der Waals surface area contributed by atoms with Crippen LogP contribution in [-0.2, 0) is 9.53 Å². The van der Waals surface area contributed by atoms with Gasteiger partial charge in [-0.25, -0.2) is 9.59 Å². The number of hydrogen-bond acceptors (Lipinski definition) is 4. The molecule has 0 unspecified atom stereocenters. The molecular weight excluding hydrogens is 286 g/mol. The van der Waals surface area contributed by atoms with E-state index in [9.17, 15) is 14.7 Å². The van der Waals surface area contributed by atoms with Gasteiger partial charge in [0.2, 0.25) is 0 Å². The van der Waals surface area contributed by atoms with Gasteiger partial charge in [0, 0.05) is 5.92 Å². The zero-order valence-electron chi connectivity index (χ0n) is 13.5. The molecule has 0 aliphatic heterocycles. The van der Waals surface area contributed by atoms with Crippen molar-refractivity contribution in [2.75, 3.05) is 7.11 Å². The molecule has 0 bridgehead atoms. The van der Waals surface area contributed by atoms with Gasteiger partial charge in [-0.3, -0.25) is 0 Å². The van der Waals surface area contributed by atoms with Gasteiger partial charge in [-0.1, -0.05) is 19.1 Å². The molecule has 22 heavy (non-hydrogen) atoms. The maximum Gasteiger partial charge on any atom is 0.408 e. The number of rotatable bonds is 5. The lowest BCUT2D eigenvalue weighted by Gasteiger charge is -2.25. The Labute approximate surface area is 130 Å². The number of amides is 1.